The molecule has 0 radical (unpaired) electrons. The van der Waals surface area contributed by atoms with Gasteiger partial charge in [0.15, 0.2) is 0 Å². The molecule has 1 saturated carbocycles. The van der Waals surface area contributed by atoms with Gasteiger partial charge in [-0.2, -0.15) is 0 Å². The number of fused-ring (bicyclic) bond motifs is 1. The molecule has 1 N–H and O–H groups in total. The molecule has 1 fully saturated rings. The summed E-state index contributed by atoms with van der Waals surface area (Å²) < 4.78 is 5.25. The molecule has 1 aliphatic carbocycles. The molecule has 2 nitrogen and oxygen atoms in total. The summed E-state index contributed by atoms with van der Waals surface area (Å²) in [4.78, 5) is 0. The average molecular weight is 255 g/mol. The molecule has 1 aliphatic rings. The fourth-order valence-corrected chi connectivity index (χ4v) is 2.60. The summed E-state index contributed by atoms with van der Waals surface area (Å²) in [7, 11) is 1.71. The zero-order valence-electron chi connectivity index (χ0n) is 11.6. The quantitative estimate of drug-likeness (QED) is 0.881. The number of hydrogen-bond donors (Lipinski definition) is 1. The van der Waals surface area contributed by atoms with Crippen LogP contribution in [0.25, 0.3) is 10.8 Å². The lowest BCUT2D eigenvalue weighted by Crippen LogP contribution is -2.16. The third-order valence-electron chi connectivity index (χ3n) is 4.12. The van der Waals surface area contributed by atoms with Crippen molar-refractivity contribution in [2.24, 2.45) is 11.8 Å². The molecule has 0 amide bonds. The minimum Gasteiger partial charge on any atom is -0.497 e. The van der Waals surface area contributed by atoms with Crippen LogP contribution in [-0.2, 0) is 6.54 Å². The fraction of sp³-hybridized carbons (Fsp3) is 0.412. The highest BCUT2D eigenvalue weighted by atomic mass is 16.5. The van der Waals surface area contributed by atoms with Crippen molar-refractivity contribution in [3.8, 4) is 5.75 Å². The zero-order chi connectivity index (χ0) is 13.2. The first-order valence-electron chi connectivity index (χ1n) is 7.03. The Morgan fingerprint density at radius 2 is 1.89 bits per heavy atom. The molecule has 19 heavy (non-hydrogen) atoms. The predicted molar refractivity (Wildman–Crippen MR) is 79.5 cm³/mol. The standard InChI is InChI=1S/C17H21NO/c1-12-7-16(12)11-18-10-13-3-4-15-9-17(19-2)6-5-14(15)8-13/h3-6,8-9,12,16,18H,7,10-11H2,1-2H3. The van der Waals surface area contributed by atoms with Crippen LogP contribution in [0.2, 0.25) is 0 Å². The molecule has 100 valence electrons. The topological polar surface area (TPSA) is 21.3 Å². The Bertz CT molecular complexity index is 578. The molecule has 2 aromatic rings. The second kappa shape index (κ2) is 5.22. The molecule has 0 aliphatic heterocycles. The molecule has 0 bridgehead atoms. The molecule has 0 spiro atoms. The second-order valence-corrected chi connectivity index (χ2v) is 5.65. The lowest BCUT2D eigenvalue weighted by Gasteiger charge is -2.07. The molecule has 2 atom stereocenters. The summed E-state index contributed by atoms with van der Waals surface area (Å²) in [5.41, 5.74) is 1.35. The van der Waals surface area contributed by atoms with E-state index in [0.717, 1.165) is 30.7 Å². The van der Waals surface area contributed by atoms with Crippen molar-refractivity contribution < 1.29 is 4.74 Å². The van der Waals surface area contributed by atoms with Crippen LogP contribution in [-0.4, -0.2) is 13.7 Å². The van der Waals surface area contributed by atoms with Gasteiger partial charge >= 0.3 is 0 Å². The first-order valence-corrected chi connectivity index (χ1v) is 7.03. The summed E-state index contributed by atoms with van der Waals surface area (Å²) in [5.74, 6) is 2.75. The van der Waals surface area contributed by atoms with Crippen molar-refractivity contribution in [3.05, 3.63) is 42.0 Å². The summed E-state index contributed by atoms with van der Waals surface area (Å²) in [6, 6.07) is 12.9. The van der Waals surface area contributed by atoms with Crippen LogP contribution in [0.3, 0.4) is 0 Å². The van der Waals surface area contributed by atoms with Crippen molar-refractivity contribution in [1.82, 2.24) is 5.32 Å². The average Bonchev–Trinajstić information content (AvgIpc) is 3.14. The van der Waals surface area contributed by atoms with E-state index < -0.39 is 0 Å². The van der Waals surface area contributed by atoms with E-state index in [1.165, 1.54) is 22.8 Å². The maximum absolute atomic E-state index is 5.25. The Morgan fingerprint density at radius 3 is 2.63 bits per heavy atom. The summed E-state index contributed by atoms with van der Waals surface area (Å²) in [5, 5.41) is 6.07. The molecule has 2 aromatic carbocycles. The van der Waals surface area contributed by atoms with Crippen LogP contribution >= 0.6 is 0 Å². The Balaban J connectivity index is 1.67. The van der Waals surface area contributed by atoms with E-state index in [4.69, 9.17) is 4.74 Å². The smallest absolute Gasteiger partial charge is 0.119 e. The minimum absolute atomic E-state index is 0.907. The van der Waals surface area contributed by atoms with Crippen LogP contribution in [0.4, 0.5) is 0 Å². The van der Waals surface area contributed by atoms with E-state index in [1.54, 1.807) is 7.11 Å². The molecule has 0 aromatic heterocycles. The van der Waals surface area contributed by atoms with Crippen molar-refractivity contribution >= 4 is 10.8 Å². The normalized spacial score (nSPS) is 21.6. The van der Waals surface area contributed by atoms with Crippen molar-refractivity contribution in [3.63, 3.8) is 0 Å². The lowest BCUT2D eigenvalue weighted by atomic mass is 10.1. The third-order valence-corrected chi connectivity index (χ3v) is 4.12. The monoisotopic (exact) mass is 255 g/mol. The fourth-order valence-electron chi connectivity index (χ4n) is 2.60. The van der Waals surface area contributed by atoms with Gasteiger partial charge < -0.3 is 10.1 Å². The van der Waals surface area contributed by atoms with Crippen LogP contribution < -0.4 is 10.1 Å². The first-order chi connectivity index (χ1) is 9.26. The van der Waals surface area contributed by atoms with E-state index in [1.807, 2.05) is 6.07 Å². The van der Waals surface area contributed by atoms with Crippen molar-refractivity contribution in [2.45, 2.75) is 19.9 Å². The maximum atomic E-state index is 5.25. The van der Waals surface area contributed by atoms with Gasteiger partial charge in [0.2, 0.25) is 0 Å². The highest BCUT2D eigenvalue weighted by molar-refractivity contribution is 5.84. The second-order valence-electron chi connectivity index (χ2n) is 5.65. The molecule has 2 unspecified atom stereocenters. The summed E-state index contributed by atoms with van der Waals surface area (Å²) >= 11 is 0. The van der Waals surface area contributed by atoms with Gasteiger partial charge in [0.1, 0.15) is 5.75 Å². The molecule has 3 rings (SSSR count). The largest absolute Gasteiger partial charge is 0.497 e. The molecular weight excluding hydrogens is 234 g/mol. The van der Waals surface area contributed by atoms with Gasteiger partial charge in [-0.3, -0.25) is 0 Å². The molecule has 2 heteroatoms. The van der Waals surface area contributed by atoms with Gasteiger partial charge in [0.05, 0.1) is 7.11 Å². The van der Waals surface area contributed by atoms with E-state index in [0.29, 0.717) is 0 Å². The van der Waals surface area contributed by atoms with Gasteiger partial charge in [-0.1, -0.05) is 25.1 Å². The number of nitrogens with one attached hydrogen (secondary N) is 1. The van der Waals surface area contributed by atoms with Crippen LogP contribution in [0.15, 0.2) is 36.4 Å². The predicted octanol–water partition coefficient (Wildman–Crippen LogP) is 3.59. The van der Waals surface area contributed by atoms with Crippen molar-refractivity contribution in [2.75, 3.05) is 13.7 Å². The van der Waals surface area contributed by atoms with Crippen LogP contribution in [0.1, 0.15) is 18.9 Å². The Kier molecular flexibility index (Phi) is 3.43. The minimum atomic E-state index is 0.907. The van der Waals surface area contributed by atoms with Crippen LogP contribution in [0.5, 0.6) is 5.75 Å². The van der Waals surface area contributed by atoms with E-state index in [2.05, 4.69) is 42.6 Å². The van der Waals surface area contributed by atoms with Gasteiger partial charge in [-0.05, 0) is 59.3 Å². The molecular formula is C17H21NO. The number of benzene rings is 2. The lowest BCUT2D eigenvalue weighted by molar-refractivity contribution is 0.415. The van der Waals surface area contributed by atoms with E-state index in [-0.39, 0.29) is 0 Å². The number of rotatable bonds is 5. The molecule has 0 saturated heterocycles. The van der Waals surface area contributed by atoms with Crippen molar-refractivity contribution in [1.29, 1.82) is 0 Å². The maximum Gasteiger partial charge on any atom is 0.119 e. The Morgan fingerprint density at radius 1 is 1.16 bits per heavy atom. The Hall–Kier alpha value is -1.54. The number of methoxy groups -OCH3 is 1. The van der Waals surface area contributed by atoms with E-state index in [9.17, 15) is 0 Å². The van der Waals surface area contributed by atoms with Gasteiger partial charge in [-0.25, -0.2) is 0 Å². The number of hydrogen-bond acceptors (Lipinski definition) is 2. The summed E-state index contributed by atoms with van der Waals surface area (Å²) in [6.45, 7) is 4.45. The highest BCUT2D eigenvalue weighted by Gasteiger charge is 2.31. The Labute approximate surface area is 114 Å². The molecule has 0 heterocycles. The van der Waals surface area contributed by atoms with E-state index >= 15 is 0 Å². The van der Waals surface area contributed by atoms with Gasteiger partial charge in [-0.15, -0.1) is 0 Å². The first kappa shape index (κ1) is 12.5. The zero-order valence-corrected chi connectivity index (χ0v) is 11.6. The third kappa shape index (κ3) is 2.90. The van der Waals surface area contributed by atoms with Gasteiger partial charge in [0.25, 0.3) is 0 Å². The van der Waals surface area contributed by atoms with Gasteiger partial charge in [0, 0.05) is 6.54 Å². The SMILES string of the molecule is COc1ccc2cc(CNCC3CC3C)ccc2c1. The number of ether oxygens (including phenoxy) is 1. The van der Waals surface area contributed by atoms with Crippen LogP contribution in [0, 0.1) is 11.8 Å². The highest BCUT2D eigenvalue weighted by Crippen LogP contribution is 2.36. The summed E-state index contributed by atoms with van der Waals surface area (Å²) in [6.07, 6.45) is 1.39.